The Morgan fingerprint density at radius 2 is 2.33 bits per heavy atom. The van der Waals surface area contributed by atoms with Crippen molar-refractivity contribution in [1.82, 2.24) is 9.97 Å². The van der Waals surface area contributed by atoms with Crippen LogP contribution in [0.3, 0.4) is 0 Å². The van der Waals surface area contributed by atoms with Gasteiger partial charge in [-0.2, -0.15) is 5.10 Å². The second-order valence-corrected chi connectivity index (χ2v) is 4.38. The van der Waals surface area contributed by atoms with E-state index in [0.717, 1.165) is 0 Å². The number of aliphatic hydroxyl groups excluding tert-OH is 1. The highest BCUT2D eigenvalue weighted by Crippen LogP contribution is 2.04. The molecule has 0 amide bonds. The molecular formula is C14H15FN4O2. The van der Waals surface area contributed by atoms with E-state index in [1.165, 1.54) is 18.3 Å². The van der Waals surface area contributed by atoms with E-state index in [0.29, 0.717) is 16.8 Å². The van der Waals surface area contributed by atoms with Crippen molar-refractivity contribution < 1.29 is 9.50 Å². The third kappa shape index (κ3) is 3.96. The van der Waals surface area contributed by atoms with Gasteiger partial charge in [-0.05, 0) is 24.6 Å². The molecule has 7 heteroatoms. The minimum Gasteiger partial charge on any atom is -0.396 e. The van der Waals surface area contributed by atoms with Crippen molar-refractivity contribution in [2.45, 2.75) is 13.3 Å². The van der Waals surface area contributed by atoms with Crippen molar-refractivity contribution >= 4 is 12.2 Å². The highest BCUT2D eigenvalue weighted by molar-refractivity contribution is 5.79. The number of aromatic nitrogens is 2. The lowest BCUT2D eigenvalue weighted by Gasteiger charge is -2.05. The molecule has 0 fully saturated rings. The van der Waals surface area contributed by atoms with Crippen LogP contribution in [0, 0.1) is 12.7 Å². The summed E-state index contributed by atoms with van der Waals surface area (Å²) in [5.74, 6) is -0.165. The zero-order valence-corrected chi connectivity index (χ0v) is 11.4. The van der Waals surface area contributed by atoms with Crippen LogP contribution in [0.25, 0.3) is 0 Å². The summed E-state index contributed by atoms with van der Waals surface area (Å²) in [4.78, 5) is 18.4. The maximum absolute atomic E-state index is 13.0. The maximum Gasteiger partial charge on any atom is 0.255 e. The average molecular weight is 290 g/mol. The van der Waals surface area contributed by atoms with E-state index in [4.69, 9.17) is 5.11 Å². The summed E-state index contributed by atoms with van der Waals surface area (Å²) in [6.45, 7) is 1.57. The lowest BCUT2D eigenvalue weighted by Crippen LogP contribution is -2.19. The molecule has 21 heavy (non-hydrogen) atoms. The van der Waals surface area contributed by atoms with Gasteiger partial charge in [-0.25, -0.2) is 14.8 Å². The van der Waals surface area contributed by atoms with Crippen LogP contribution in [0.15, 0.2) is 34.2 Å². The zero-order valence-electron chi connectivity index (χ0n) is 11.4. The Hall–Kier alpha value is -2.54. The van der Waals surface area contributed by atoms with Gasteiger partial charge in [0.15, 0.2) is 0 Å². The first-order chi connectivity index (χ1) is 10.1. The summed E-state index contributed by atoms with van der Waals surface area (Å²) in [5.41, 5.74) is 3.81. The van der Waals surface area contributed by atoms with Crippen molar-refractivity contribution in [3.05, 3.63) is 57.3 Å². The van der Waals surface area contributed by atoms with Crippen molar-refractivity contribution in [1.29, 1.82) is 0 Å². The van der Waals surface area contributed by atoms with Gasteiger partial charge in [-0.15, -0.1) is 0 Å². The number of hydrogen-bond acceptors (Lipinski definition) is 5. The number of nitrogens with one attached hydrogen (secondary N) is 2. The molecule has 2 rings (SSSR count). The van der Waals surface area contributed by atoms with E-state index >= 15 is 0 Å². The summed E-state index contributed by atoms with van der Waals surface area (Å²) < 4.78 is 13.0. The zero-order chi connectivity index (χ0) is 15.2. The smallest absolute Gasteiger partial charge is 0.255 e. The number of aliphatic hydroxyl groups is 1. The molecule has 0 aliphatic heterocycles. The standard InChI is InChI=1S/C14H15FN4O2/c1-9-12(5-6-20)13(21)18-14(17-9)19-16-8-10-3-2-4-11(15)7-10/h2-4,7-8,20H,5-6H2,1H3,(H2,17,18,19,21)/b16-8-. The Morgan fingerprint density at radius 3 is 3.00 bits per heavy atom. The van der Waals surface area contributed by atoms with Gasteiger partial charge in [-0.1, -0.05) is 12.1 Å². The van der Waals surface area contributed by atoms with Gasteiger partial charge in [0.05, 0.1) is 11.9 Å². The Kier molecular flexibility index (Phi) is 4.78. The highest BCUT2D eigenvalue weighted by atomic mass is 19.1. The summed E-state index contributed by atoms with van der Waals surface area (Å²) in [6, 6.07) is 5.94. The molecule has 1 heterocycles. The summed E-state index contributed by atoms with van der Waals surface area (Å²) in [6.07, 6.45) is 1.67. The van der Waals surface area contributed by atoms with Gasteiger partial charge >= 0.3 is 0 Å². The van der Waals surface area contributed by atoms with E-state index < -0.39 is 0 Å². The SMILES string of the molecule is Cc1nc(N/N=C\c2cccc(F)c2)[nH]c(=O)c1CCO. The van der Waals surface area contributed by atoms with Gasteiger partial charge in [-0.3, -0.25) is 9.78 Å². The van der Waals surface area contributed by atoms with E-state index in [9.17, 15) is 9.18 Å². The lowest BCUT2D eigenvalue weighted by molar-refractivity contribution is 0.298. The molecule has 0 saturated carbocycles. The Balaban J connectivity index is 2.12. The van der Waals surface area contributed by atoms with Crippen LogP contribution in [0.5, 0.6) is 0 Å². The van der Waals surface area contributed by atoms with Crippen LogP contribution in [-0.4, -0.2) is 27.9 Å². The maximum atomic E-state index is 13.0. The third-order valence-electron chi connectivity index (χ3n) is 2.82. The minimum atomic E-state index is -0.352. The number of rotatable bonds is 5. The fourth-order valence-corrected chi connectivity index (χ4v) is 1.82. The third-order valence-corrected chi connectivity index (χ3v) is 2.82. The van der Waals surface area contributed by atoms with Crippen LogP contribution in [0.4, 0.5) is 10.3 Å². The number of hydrazone groups is 1. The number of anilines is 1. The fourth-order valence-electron chi connectivity index (χ4n) is 1.82. The number of aromatic amines is 1. The second kappa shape index (κ2) is 6.76. The molecule has 0 spiro atoms. The average Bonchev–Trinajstić information content (AvgIpc) is 2.43. The Morgan fingerprint density at radius 1 is 1.52 bits per heavy atom. The first-order valence-electron chi connectivity index (χ1n) is 6.35. The number of benzene rings is 1. The first-order valence-corrected chi connectivity index (χ1v) is 6.35. The van der Waals surface area contributed by atoms with E-state index in [1.807, 2.05) is 0 Å². The van der Waals surface area contributed by atoms with Crippen LogP contribution >= 0.6 is 0 Å². The second-order valence-electron chi connectivity index (χ2n) is 4.38. The topological polar surface area (TPSA) is 90.4 Å². The van der Waals surface area contributed by atoms with Crippen molar-refractivity contribution in [2.75, 3.05) is 12.0 Å². The van der Waals surface area contributed by atoms with Crippen LogP contribution in [0.2, 0.25) is 0 Å². The number of hydrogen-bond donors (Lipinski definition) is 3. The molecule has 0 aliphatic rings. The van der Waals surface area contributed by atoms with Gasteiger partial charge in [0.25, 0.3) is 5.56 Å². The molecule has 0 saturated heterocycles. The molecule has 110 valence electrons. The molecule has 1 aromatic carbocycles. The fraction of sp³-hybridized carbons (Fsp3) is 0.214. The molecule has 0 unspecified atom stereocenters. The van der Waals surface area contributed by atoms with Gasteiger partial charge in [0.2, 0.25) is 5.95 Å². The summed E-state index contributed by atoms with van der Waals surface area (Å²) >= 11 is 0. The van der Waals surface area contributed by atoms with Crippen LogP contribution < -0.4 is 11.0 Å². The van der Waals surface area contributed by atoms with E-state index in [1.54, 1.807) is 19.1 Å². The number of halogens is 1. The van der Waals surface area contributed by atoms with E-state index in [2.05, 4.69) is 20.5 Å². The lowest BCUT2D eigenvalue weighted by atomic mass is 10.2. The monoisotopic (exact) mass is 290 g/mol. The molecule has 0 radical (unpaired) electrons. The molecule has 2 aromatic rings. The van der Waals surface area contributed by atoms with Gasteiger partial charge in [0, 0.05) is 18.6 Å². The molecule has 0 bridgehead atoms. The first kappa shape index (κ1) is 14.9. The number of nitrogens with zero attached hydrogens (tertiary/aromatic N) is 2. The normalized spacial score (nSPS) is 11.0. The molecule has 1 aromatic heterocycles. The Bertz CT molecular complexity index is 712. The predicted molar refractivity (Wildman–Crippen MR) is 78.0 cm³/mol. The Labute approximate surface area is 120 Å². The molecule has 0 atom stereocenters. The minimum absolute atomic E-state index is 0.115. The number of H-pyrrole nitrogens is 1. The predicted octanol–water partition coefficient (Wildman–Crippen LogP) is 1.20. The van der Waals surface area contributed by atoms with Gasteiger partial charge < -0.3 is 5.11 Å². The summed E-state index contributed by atoms with van der Waals surface area (Å²) in [7, 11) is 0. The summed E-state index contributed by atoms with van der Waals surface area (Å²) in [5, 5.41) is 12.8. The van der Waals surface area contributed by atoms with E-state index in [-0.39, 0.29) is 30.4 Å². The molecule has 3 N–H and O–H groups in total. The van der Waals surface area contributed by atoms with Crippen molar-refractivity contribution in [2.24, 2.45) is 5.10 Å². The molecule has 6 nitrogen and oxygen atoms in total. The van der Waals surface area contributed by atoms with Crippen molar-refractivity contribution in [3.63, 3.8) is 0 Å². The molecular weight excluding hydrogens is 275 g/mol. The van der Waals surface area contributed by atoms with Crippen LogP contribution in [0.1, 0.15) is 16.8 Å². The van der Waals surface area contributed by atoms with Crippen molar-refractivity contribution in [3.8, 4) is 0 Å². The molecule has 0 aliphatic carbocycles. The number of aryl methyl sites for hydroxylation is 1. The largest absolute Gasteiger partial charge is 0.396 e. The van der Waals surface area contributed by atoms with Gasteiger partial charge in [0.1, 0.15) is 5.82 Å². The highest BCUT2D eigenvalue weighted by Gasteiger charge is 2.06. The quantitative estimate of drug-likeness (QED) is 0.570. The van der Waals surface area contributed by atoms with Crippen LogP contribution in [-0.2, 0) is 6.42 Å².